The van der Waals surface area contributed by atoms with Gasteiger partial charge >= 0.3 is 0 Å². The third-order valence-electron chi connectivity index (χ3n) is 4.14. The number of pyridine rings is 1. The number of benzene rings is 1. The summed E-state index contributed by atoms with van der Waals surface area (Å²) < 4.78 is 28.2. The van der Waals surface area contributed by atoms with Crippen LogP contribution in [0.5, 0.6) is 0 Å². The molecule has 7 nitrogen and oxygen atoms in total. The molecular weight excluding hydrogens is 450 g/mol. The second kappa shape index (κ2) is 6.93. The topological polar surface area (TPSA) is 95.3 Å². The Kier molecular flexibility index (Phi) is 4.75. The number of hydrogen-bond donors (Lipinski definition) is 1. The number of primary sulfonamides is 1. The van der Waals surface area contributed by atoms with Crippen molar-refractivity contribution in [2.24, 2.45) is 5.14 Å². The molecule has 27 heavy (non-hydrogen) atoms. The van der Waals surface area contributed by atoms with E-state index in [2.05, 4.69) is 30.5 Å². The van der Waals surface area contributed by atoms with Crippen molar-refractivity contribution in [3.05, 3.63) is 52.9 Å². The van der Waals surface area contributed by atoms with Gasteiger partial charge in [0.15, 0.2) is 5.16 Å². The molecule has 4 rings (SSSR count). The molecule has 0 aliphatic rings. The summed E-state index contributed by atoms with van der Waals surface area (Å²) in [6.45, 7) is 2.76. The minimum Gasteiger partial charge on any atom is -0.319 e. The fourth-order valence-corrected chi connectivity index (χ4v) is 4.75. The second-order valence-electron chi connectivity index (χ2n) is 5.97. The Morgan fingerprint density at radius 3 is 2.74 bits per heavy atom. The van der Waals surface area contributed by atoms with E-state index >= 15 is 0 Å². The lowest BCUT2D eigenvalue weighted by Crippen LogP contribution is -2.11. The molecule has 0 saturated carbocycles. The fraction of sp³-hybridized carbons (Fsp3) is 0.176. The molecule has 0 fully saturated rings. The van der Waals surface area contributed by atoms with E-state index in [4.69, 9.17) is 5.14 Å². The van der Waals surface area contributed by atoms with Crippen molar-refractivity contribution in [3.8, 4) is 0 Å². The highest BCUT2D eigenvalue weighted by atomic mass is 79.9. The third-order valence-corrected chi connectivity index (χ3v) is 6.53. The standard InChI is InChI=1S/C17H16BrN5O2S2/c1-2-23-15-5-4-13(27(19,24)25)7-14(15)21-17(23)26-10-12-9-22-8-11(18)3-6-16(22)20-12/h3-9H,2,10H2,1H3,(H2,19,24,25). The molecule has 140 valence electrons. The van der Waals surface area contributed by atoms with Crippen LogP contribution in [0.15, 0.2) is 57.3 Å². The molecule has 1 aromatic carbocycles. The summed E-state index contributed by atoms with van der Waals surface area (Å²) >= 11 is 5.02. The van der Waals surface area contributed by atoms with E-state index in [1.807, 2.05) is 35.9 Å². The van der Waals surface area contributed by atoms with E-state index in [1.165, 1.54) is 12.1 Å². The van der Waals surface area contributed by atoms with E-state index < -0.39 is 10.0 Å². The van der Waals surface area contributed by atoms with Crippen LogP contribution in [0.4, 0.5) is 0 Å². The van der Waals surface area contributed by atoms with Crippen molar-refractivity contribution in [2.75, 3.05) is 0 Å². The Labute approximate surface area is 168 Å². The van der Waals surface area contributed by atoms with Crippen LogP contribution in [0, 0.1) is 0 Å². The maximum atomic E-state index is 11.6. The molecule has 0 aliphatic heterocycles. The van der Waals surface area contributed by atoms with Crippen LogP contribution < -0.4 is 5.14 Å². The van der Waals surface area contributed by atoms with E-state index in [9.17, 15) is 8.42 Å². The second-order valence-corrected chi connectivity index (χ2v) is 9.39. The number of nitrogens with two attached hydrogens (primary N) is 1. The number of fused-ring (bicyclic) bond motifs is 2. The number of thioether (sulfide) groups is 1. The summed E-state index contributed by atoms with van der Waals surface area (Å²) in [6, 6.07) is 8.69. The molecule has 0 spiro atoms. The zero-order valence-electron chi connectivity index (χ0n) is 14.3. The predicted octanol–water partition coefficient (Wildman–Crippen LogP) is 3.41. The molecule has 0 unspecified atom stereocenters. The first-order valence-electron chi connectivity index (χ1n) is 8.14. The molecule has 0 bridgehead atoms. The van der Waals surface area contributed by atoms with E-state index in [0.29, 0.717) is 11.3 Å². The molecule has 0 atom stereocenters. The number of halogens is 1. The van der Waals surface area contributed by atoms with Crippen LogP contribution >= 0.6 is 27.7 Å². The smallest absolute Gasteiger partial charge is 0.238 e. The van der Waals surface area contributed by atoms with Crippen LogP contribution in [-0.2, 0) is 22.3 Å². The van der Waals surface area contributed by atoms with Gasteiger partial charge in [-0.1, -0.05) is 11.8 Å². The molecule has 3 heterocycles. The first kappa shape index (κ1) is 18.5. The van der Waals surface area contributed by atoms with Crippen LogP contribution in [-0.4, -0.2) is 27.4 Å². The van der Waals surface area contributed by atoms with Gasteiger partial charge in [-0.25, -0.2) is 23.5 Å². The lowest BCUT2D eigenvalue weighted by molar-refractivity contribution is 0.598. The number of rotatable bonds is 5. The summed E-state index contributed by atoms with van der Waals surface area (Å²) in [5.74, 6) is 0.657. The van der Waals surface area contributed by atoms with Crippen molar-refractivity contribution >= 4 is 54.4 Å². The Bertz CT molecular complexity index is 1260. The summed E-state index contributed by atoms with van der Waals surface area (Å²) in [5, 5.41) is 6.04. The highest BCUT2D eigenvalue weighted by Gasteiger charge is 2.15. The van der Waals surface area contributed by atoms with Crippen molar-refractivity contribution in [3.63, 3.8) is 0 Å². The number of aromatic nitrogens is 4. The summed E-state index contributed by atoms with van der Waals surface area (Å²) in [6.07, 6.45) is 3.96. The highest BCUT2D eigenvalue weighted by Crippen LogP contribution is 2.28. The van der Waals surface area contributed by atoms with Gasteiger partial charge in [-0.3, -0.25) is 0 Å². The molecule has 4 aromatic rings. The Morgan fingerprint density at radius 1 is 1.19 bits per heavy atom. The van der Waals surface area contributed by atoms with Crippen molar-refractivity contribution in [2.45, 2.75) is 29.3 Å². The first-order chi connectivity index (χ1) is 12.8. The number of hydrogen-bond acceptors (Lipinski definition) is 5. The molecule has 2 N–H and O–H groups in total. The zero-order chi connectivity index (χ0) is 19.2. The lowest BCUT2D eigenvalue weighted by Gasteiger charge is -2.04. The highest BCUT2D eigenvalue weighted by molar-refractivity contribution is 9.10. The Balaban J connectivity index is 1.65. The maximum Gasteiger partial charge on any atom is 0.238 e. The molecular formula is C17H16BrN5O2S2. The van der Waals surface area contributed by atoms with Gasteiger partial charge < -0.3 is 8.97 Å². The van der Waals surface area contributed by atoms with Crippen LogP contribution in [0.2, 0.25) is 0 Å². The van der Waals surface area contributed by atoms with Gasteiger partial charge in [0.25, 0.3) is 0 Å². The van der Waals surface area contributed by atoms with Crippen molar-refractivity contribution in [1.29, 1.82) is 0 Å². The Hall–Kier alpha value is -1.88. The predicted molar refractivity (Wildman–Crippen MR) is 109 cm³/mol. The van der Waals surface area contributed by atoms with Crippen molar-refractivity contribution < 1.29 is 8.42 Å². The Morgan fingerprint density at radius 2 is 2.00 bits per heavy atom. The summed E-state index contributed by atoms with van der Waals surface area (Å²) in [4.78, 5) is 9.29. The number of nitrogens with zero attached hydrogens (tertiary/aromatic N) is 4. The van der Waals surface area contributed by atoms with E-state index in [1.54, 1.807) is 17.8 Å². The van der Waals surface area contributed by atoms with Gasteiger partial charge in [0.05, 0.1) is 21.6 Å². The molecule has 0 aliphatic carbocycles. The van der Waals surface area contributed by atoms with Gasteiger partial charge in [0, 0.05) is 29.2 Å². The van der Waals surface area contributed by atoms with Gasteiger partial charge in [-0.15, -0.1) is 0 Å². The SMILES string of the molecule is CCn1c(SCc2cn3cc(Br)ccc3n2)nc2cc(S(N)(=O)=O)ccc21. The van der Waals surface area contributed by atoms with Crippen LogP contribution in [0.1, 0.15) is 12.6 Å². The quantitative estimate of drug-likeness (QED) is 0.455. The zero-order valence-corrected chi connectivity index (χ0v) is 17.6. The molecule has 10 heteroatoms. The maximum absolute atomic E-state index is 11.6. The van der Waals surface area contributed by atoms with Crippen molar-refractivity contribution in [1.82, 2.24) is 18.9 Å². The molecule has 0 radical (unpaired) electrons. The van der Waals surface area contributed by atoms with Crippen LogP contribution in [0.25, 0.3) is 16.7 Å². The van der Waals surface area contributed by atoms with Gasteiger partial charge in [0.1, 0.15) is 5.65 Å². The summed E-state index contributed by atoms with van der Waals surface area (Å²) in [7, 11) is -3.75. The van der Waals surface area contributed by atoms with E-state index in [0.717, 1.165) is 33.0 Å². The summed E-state index contributed by atoms with van der Waals surface area (Å²) in [5.41, 5.74) is 3.32. The van der Waals surface area contributed by atoms with Gasteiger partial charge in [-0.2, -0.15) is 0 Å². The number of imidazole rings is 2. The average Bonchev–Trinajstić information content (AvgIpc) is 3.17. The minimum absolute atomic E-state index is 0.0678. The molecule has 3 aromatic heterocycles. The number of aryl methyl sites for hydroxylation is 1. The molecule has 0 saturated heterocycles. The normalized spacial score (nSPS) is 12.3. The largest absolute Gasteiger partial charge is 0.319 e. The third kappa shape index (κ3) is 3.62. The van der Waals surface area contributed by atoms with E-state index in [-0.39, 0.29) is 4.90 Å². The molecule has 0 amide bonds. The van der Waals surface area contributed by atoms with Gasteiger partial charge in [0.2, 0.25) is 10.0 Å². The minimum atomic E-state index is -3.75. The first-order valence-corrected chi connectivity index (χ1v) is 11.5. The fourth-order valence-electron chi connectivity index (χ4n) is 2.91. The average molecular weight is 466 g/mol. The monoisotopic (exact) mass is 465 g/mol. The number of sulfonamides is 1. The lowest BCUT2D eigenvalue weighted by atomic mass is 10.3. The van der Waals surface area contributed by atoms with Crippen LogP contribution in [0.3, 0.4) is 0 Å². The van der Waals surface area contributed by atoms with Gasteiger partial charge in [-0.05, 0) is 53.2 Å².